The maximum atomic E-state index is 12.0. The SMILES string of the molecule is Cc1cc(N2CC(CN)OC2=O)c(C)cc1C1CCC(=O)NC1. The van der Waals surface area contributed by atoms with Crippen LogP contribution in [0.4, 0.5) is 10.5 Å². The highest BCUT2D eigenvalue weighted by Crippen LogP contribution is 2.33. The second kappa shape index (κ2) is 6.20. The summed E-state index contributed by atoms with van der Waals surface area (Å²) in [5, 5.41) is 2.93. The maximum Gasteiger partial charge on any atom is 0.414 e. The second-order valence-corrected chi connectivity index (χ2v) is 6.39. The highest BCUT2D eigenvalue weighted by atomic mass is 16.6. The Balaban J connectivity index is 1.86. The van der Waals surface area contributed by atoms with Crippen molar-refractivity contribution in [1.82, 2.24) is 5.32 Å². The van der Waals surface area contributed by atoms with Crippen molar-refractivity contribution >= 4 is 17.7 Å². The quantitative estimate of drug-likeness (QED) is 0.886. The number of nitrogens with zero attached hydrogens (tertiary/aromatic N) is 1. The van der Waals surface area contributed by atoms with Gasteiger partial charge in [-0.2, -0.15) is 0 Å². The summed E-state index contributed by atoms with van der Waals surface area (Å²) in [4.78, 5) is 25.0. The van der Waals surface area contributed by atoms with Crippen LogP contribution in [0.1, 0.15) is 35.4 Å². The fraction of sp³-hybridized carbons (Fsp3) is 0.529. The molecule has 2 aliphatic rings. The Morgan fingerprint density at radius 2 is 2.09 bits per heavy atom. The zero-order chi connectivity index (χ0) is 16.6. The highest BCUT2D eigenvalue weighted by molar-refractivity contribution is 5.91. The largest absolute Gasteiger partial charge is 0.443 e. The third kappa shape index (κ3) is 3.03. The molecule has 1 aromatic rings. The predicted octanol–water partition coefficient (Wildman–Crippen LogP) is 1.58. The summed E-state index contributed by atoms with van der Waals surface area (Å²) in [5.41, 5.74) is 9.90. The van der Waals surface area contributed by atoms with Gasteiger partial charge in [0.1, 0.15) is 6.10 Å². The van der Waals surface area contributed by atoms with Crippen molar-refractivity contribution in [3.8, 4) is 0 Å². The van der Waals surface area contributed by atoms with E-state index in [1.807, 2.05) is 13.0 Å². The summed E-state index contributed by atoms with van der Waals surface area (Å²) in [5.74, 6) is 0.461. The zero-order valence-electron chi connectivity index (χ0n) is 13.6. The first-order valence-corrected chi connectivity index (χ1v) is 8.05. The van der Waals surface area contributed by atoms with Gasteiger partial charge in [-0.1, -0.05) is 6.07 Å². The van der Waals surface area contributed by atoms with Crippen LogP contribution >= 0.6 is 0 Å². The van der Waals surface area contributed by atoms with Crippen molar-refractivity contribution in [1.29, 1.82) is 0 Å². The van der Waals surface area contributed by atoms with E-state index in [1.165, 1.54) is 5.56 Å². The lowest BCUT2D eigenvalue weighted by atomic mass is 9.87. The number of benzene rings is 1. The van der Waals surface area contributed by atoms with Crippen LogP contribution in [0.3, 0.4) is 0 Å². The minimum Gasteiger partial charge on any atom is -0.443 e. The van der Waals surface area contributed by atoms with Gasteiger partial charge in [0.2, 0.25) is 5.91 Å². The van der Waals surface area contributed by atoms with Crippen molar-refractivity contribution in [3.63, 3.8) is 0 Å². The van der Waals surface area contributed by atoms with Crippen LogP contribution < -0.4 is 16.0 Å². The van der Waals surface area contributed by atoms with Gasteiger partial charge in [-0.3, -0.25) is 9.69 Å². The van der Waals surface area contributed by atoms with Crippen molar-refractivity contribution < 1.29 is 14.3 Å². The molecule has 0 spiro atoms. The Bertz CT molecular complexity index is 634. The number of cyclic esters (lactones) is 1. The summed E-state index contributed by atoms with van der Waals surface area (Å²) >= 11 is 0. The summed E-state index contributed by atoms with van der Waals surface area (Å²) in [6.07, 6.45) is 0.865. The number of carbonyl (C=O) groups excluding carboxylic acids is 2. The van der Waals surface area contributed by atoms with Gasteiger partial charge >= 0.3 is 6.09 Å². The molecule has 2 unspecified atom stereocenters. The Hall–Kier alpha value is -2.08. The predicted molar refractivity (Wildman–Crippen MR) is 87.6 cm³/mol. The Morgan fingerprint density at radius 1 is 1.30 bits per heavy atom. The second-order valence-electron chi connectivity index (χ2n) is 6.39. The number of aryl methyl sites for hydroxylation is 2. The number of nitrogens with two attached hydrogens (primary N) is 1. The van der Waals surface area contributed by atoms with E-state index in [1.54, 1.807) is 4.90 Å². The van der Waals surface area contributed by atoms with E-state index < -0.39 is 0 Å². The first-order valence-electron chi connectivity index (χ1n) is 8.05. The van der Waals surface area contributed by atoms with Gasteiger partial charge in [-0.05, 0) is 43.0 Å². The molecule has 0 aromatic heterocycles. The van der Waals surface area contributed by atoms with Crippen LogP contribution in [0, 0.1) is 13.8 Å². The van der Waals surface area contributed by atoms with Crippen LogP contribution in [-0.2, 0) is 9.53 Å². The molecule has 2 heterocycles. The van der Waals surface area contributed by atoms with Crippen molar-refractivity contribution in [3.05, 3.63) is 28.8 Å². The topological polar surface area (TPSA) is 84.7 Å². The number of amides is 2. The average Bonchev–Trinajstić information content (AvgIpc) is 2.91. The maximum absolute atomic E-state index is 12.0. The molecule has 3 N–H and O–H groups in total. The highest BCUT2D eigenvalue weighted by Gasteiger charge is 2.33. The van der Waals surface area contributed by atoms with Crippen LogP contribution in [0.5, 0.6) is 0 Å². The lowest BCUT2D eigenvalue weighted by Crippen LogP contribution is -2.34. The van der Waals surface area contributed by atoms with Gasteiger partial charge in [0.05, 0.1) is 12.2 Å². The third-order valence-electron chi connectivity index (χ3n) is 4.72. The number of anilines is 1. The first-order chi connectivity index (χ1) is 11.0. The van der Waals surface area contributed by atoms with Gasteiger partial charge in [-0.15, -0.1) is 0 Å². The molecule has 0 aliphatic carbocycles. The van der Waals surface area contributed by atoms with Gasteiger partial charge in [0, 0.05) is 25.4 Å². The number of hydrogen-bond acceptors (Lipinski definition) is 4. The third-order valence-corrected chi connectivity index (χ3v) is 4.72. The van der Waals surface area contributed by atoms with Gasteiger partial charge < -0.3 is 15.8 Å². The monoisotopic (exact) mass is 317 g/mol. The standard InChI is InChI=1S/C17H23N3O3/c1-10-6-15(20-9-13(7-18)23-17(20)22)11(2)5-14(10)12-3-4-16(21)19-8-12/h5-6,12-13H,3-4,7-9,18H2,1-2H3,(H,19,21). The summed E-state index contributed by atoms with van der Waals surface area (Å²) in [6.45, 7) is 5.56. The van der Waals surface area contributed by atoms with Gasteiger partial charge in [-0.25, -0.2) is 4.79 Å². The Labute approximate surface area is 136 Å². The minimum absolute atomic E-state index is 0.125. The summed E-state index contributed by atoms with van der Waals surface area (Å²) in [6, 6.07) is 4.18. The van der Waals surface area contributed by atoms with E-state index in [4.69, 9.17) is 10.5 Å². The van der Waals surface area contributed by atoms with Crippen LogP contribution in [0.2, 0.25) is 0 Å². The molecule has 1 aromatic carbocycles. The molecule has 6 heteroatoms. The molecule has 2 atom stereocenters. The first kappa shape index (κ1) is 15.8. The number of hydrogen-bond donors (Lipinski definition) is 2. The molecule has 2 amide bonds. The summed E-state index contributed by atoms with van der Waals surface area (Å²) < 4.78 is 5.25. The number of ether oxygens (including phenoxy) is 1. The fourth-order valence-electron chi connectivity index (χ4n) is 3.39. The molecule has 2 aliphatic heterocycles. The molecule has 23 heavy (non-hydrogen) atoms. The van der Waals surface area contributed by atoms with E-state index >= 15 is 0 Å². The molecular weight excluding hydrogens is 294 g/mol. The van der Waals surface area contributed by atoms with Crippen LogP contribution in [0.25, 0.3) is 0 Å². The Morgan fingerprint density at radius 3 is 2.70 bits per heavy atom. The van der Waals surface area contributed by atoms with E-state index in [0.717, 1.165) is 23.2 Å². The van der Waals surface area contributed by atoms with Crippen molar-refractivity contribution in [2.45, 2.75) is 38.7 Å². The van der Waals surface area contributed by atoms with Crippen LogP contribution in [-0.4, -0.2) is 37.7 Å². The molecule has 0 radical (unpaired) electrons. The van der Waals surface area contributed by atoms with Gasteiger partial charge in [0.25, 0.3) is 0 Å². The lowest BCUT2D eigenvalue weighted by molar-refractivity contribution is -0.122. The van der Waals surface area contributed by atoms with E-state index in [2.05, 4.69) is 18.3 Å². The van der Waals surface area contributed by atoms with Crippen molar-refractivity contribution in [2.24, 2.45) is 5.73 Å². The number of rotatable bonds is 3. The fourth-order valence-corrected chi connectivity index (χ4v) is 3.39. The van der Waals surface area contributed by atoms with Crippen LogP contribution in [0.15, 0.2) is 12.1 Å². The molecule has 2 fully saturated rings. The number of carbonyl (C=O) groups is 2. The van der Waals surface area contributed by atoms with E-state index in [-0.39, 0.29) is 18.1 Å². The molecule has 3 rings (SSSR count). The molecular formula is C17H23N3O3. The normalized spacial score (nSPS) is 24.6. The van der Waals surface area contributed by atoms with E-state index in [0.29, 0.717) is 32.0 Å². The molecule has 6 nitrogen and oxygen atoms in total. The molecule has 0 bridgehead atoms. The zero-order valence-corrected chi connectivity index (χ0v) is 13.6. The van der Waals surface area contributed by atoms with Crippen molar-refractivity contribution in [2.75, 3.05) is 24.5 Å². The summed E-state index contributed by atoms with van der Waals surface area (Å²) in [7, 11) is 0. The molecule has 124 valence electrons. The molecule has 2 saturated heterocycles. The molecule has 0 saturated carbocycles. The minimum atomic E-state index is -0.333. The lowest BCUT2D eigenvalue weighted by Gasteiger charge is -2.26. The van der Waals surface area contributed by atoms with E-state index in [9.17, 15) is 9.59 Å². The average molecular weight is 317 g/mol. The number of piperidine rings is 1. The van der Waals surface area contributed by atoms with Gasteiger partial charge in [0.15, 0.2) is 0 Å². The Kier molecular flexibility index (Phi) is 4.26. The smallest absolute Gasteiger partial charge is 0.414 e. The number of nitrogens with one attached hydrogen (secondary N) is 1.